The second-order valence-corrected chi connectivity index (χ2v) is 3.98. The predicted molar refractivity (Wildman–Crippen MR) is 62.1 cm³/mol. The van der Waals surface area contributed by atoms with Crippen LogP contribution in [0.25, 0.3) is 0 Å². The fourth-order valence-corrected chi connectivity index (χ4v) is 1.66. The molecule has 16 heavy (non-hydrogen) atoms. The van der Waals surface area contributed by atoms with E-state index in [4.69, 9.17) is 0 Å². The summed E-state index contributed by atoms with van der Waals surface area (Å²) in [5, 5.41) is 9.55. The minimum absolute atomic E-state index is 0.134. The molecule has 0 aliphatic heterocycles. The van der Waals surface area contributed by atoms with Crippen molar-refractivity contribution in [3.8, 4) is 0 Å². The zero-order valence-electron chi connectivity index (χ0n) is 10.0. The summed E-state index contributed by atoms with van der Waals surface area (Å²) in [4.78, 5) is 15.8. The van der Waals surface area contributed by atoms with Gasteiger partial charge in [-0.1, -0.05) is 20.3 Å². The van der Waals surface area contributed by atoms with Gasteiger partial charge in [0.15, 0.2) is 5.78 Å². The van der Waals surface area contributed by atoms with E-state index >= 15 is 0 Å². The van der Waals surface area contributed by atoms with Crippen molar-refractivity contribution in [2.75, 3.05) is 0 Å². The lowest BCUT2D eigenvalue weighted by Crippen LogP contribution is -2.23. The monoisotopic (exact) mass is 224 g/mol. The summed E-state index contributed by atoms with van der Waals surface area (Å²) in [5.41, 5.74) is 0. The lowest BCUT2D eigenvalue weighted by molar-refractivity contribution is -0.126. The van der Waals surface area contributed by atoms with Crippen molar-refractivity contribution >= 4 is 5.78 Å². The van der Waals surface area contributed by atoms with Gasteiger partial charge in [0, 0.05) is 18.9 Å². The highest BCUT2D eigenvalue weighted by Crippen LogP contribution is 2.05. The molecule has 90 valence electrons. The average molecular weight is 224 g/mol. The molecule has 0 amide bonds. The highest BCUT2D eigenvalue weighted by molar-refractivity contribution is 5.84. The number of hydrogen-bond donors (Lipinski definition) is 1. The third-order valence-corrected chi connectivity index (χ3v) is 2.53. The third kappa shape index (κ3) is 3.45. The van der Waals surface area contributed by atoms with Gasteiger partial charge in [-0.15, -0.1) is 0 Å². The Bertz CT molecular complexity index is 334. The number of imidazole rings is 1. The van der Waals surface area contributed by atoms with E-state index in [1.807, 2.05) is 17.7 Å². The number of carbonyl (C=O) groups excluding carboxylic acids is 1. The van der Waals surface area contributed by atoms with Gasteiger partial charge >= 0.3 is 0 Å². The summed E-state index contributed by atoms with van der Waals surface area (Å²) in [6.45, 7) is 4.90. The van der Waals surface area contributed by atoms with E-state index in [2.05, 4.69) is 11.9 Å². The zero-order valence-corrected chi connectivity index (χ0v) is 10.0. The number of nitrogens with zero attached hydrogens (tertiary/aromatic N) is 2. The van der Waals surface area contributed by atoms with Gasteiger partial charge in [-0.05, 0) is 12.8 Å². The normalized spacial score (nSPS) is 12.7. The molecule has 0 radical (unpaired) electrons. The molecule has 0 bridgehead atoms. The lowest BCUT2D eigenvalue weighted by atomic mass is 10.1. The van der Waals surface area contributed by atoms with Gasteiger partial charge in [0.1, 0.15) is 11.9 Å². The SMILES string of the molecule is CCCC(O)C(=O)Cc1nccn1CCC. The van der Waals surface area contributed by atoms with Crippen LogP contribution >= 0.6 is 0 Å². The minimum Gasteiger partial charge on any atom is -0.385 e. The second-order valence-electron chi connectivity index (χ2n) is 3.98. The van der Waals surface area contributed by atoms with Gasteiger partial charge in [-0.25, -0.2) is 4.98 Å². The van der Waals surface area contributed by atoms with Gasteiger partial charge in [0.05, 0.1) is 6.42 Å². The molecule has 4 heteroatoms. The number of rotatable bonds is 7. The predicted octanol–water partition coefficient (Wildman–Crippen LogP) is 1.57. The first kappa shape index (κ1) is 12.9. The molecule has 0 saturated carbocycles. The van der Waals surface area contributed by atoms with Crippen LogP contribution in [0.4, 0.5) is 0 Å². The molecule has 0 aromatic carbocycles. The molecule has 1 atom stereocenters. The van der Waals surface area contributed by atoms with Crippen LogP contribution in [0.3, 0.4) is 0 Å². The first-order valence-electron chi connectivity index (χ1n) is 5.89. The van der Waals surface area contributed by atoms with Crippen molar-refractivity contribution in [3.05, 3.63) is 18.2 Å². The summed E-state index contributed by atoms with van der Waals surface area (Å²) >= 11 is 0. The molecule has 1 aromatic heterocycles. The molecule has 4 nitrogen and oxygen atoms in total. The van der Waals surface area contributed by atoms with Crippen molar-refractivity contribution in [1.82, 2.24) is 9.55 Å². The van der Waals surface area contributed by atoms with Gasteiger partial charge < -0.3 is 9.67 Å². The maximum atomic E-state index is 11.7. The van der Waals surface area contributed by atoms with Crippen molar-refractivity contribution in [1.29, 1.82) is 0 Å². The number of ketones is 1. The lowest BCUT2D eigenvalue weighted by Gasteiger charge is -2.09. The molecule has 1 aromatic rings. The summed E-state index contributed by atoms with van der Waals surface area (Å²) in [6.07, 6.45) is 5.33. The van der Waals surface area contributed by atoms with Crippen LogP contribution in [0, 0.1) is 0 Å². The van der Waals surface area contributed by atoms with E-state index < -0.39 is 6.10 Å². The number of aliphatic hydroxyl groups is 1. The van der Waals surface area contributed by atoms with Gasteiger partial charge in [-0.2, -0.15) is 0 Å². The second kappa shape index (κ2) is 6.43. The summed E-state index contributed by atoms with van der Waals surface area (Å²) in [6, 6.07) is 0. The number of aryl methyl sites for hydroxylation is 1. The Balaban J connectivity index is 2.58. The summed E-state index contributed by atoms with van der Waals surface area (Å²) < 4.78 is 1.97. The van der Waals surface area contributed by atoms with Crippen LogP contribution in [0.2, 0.25) is 0 Å². The van der Waals surface area contributed by atoms with Crippen molar-refractivity contribution in [3.63, 3.8) is 0 Å². The van der Waals surface area contributed by atoms with Crippen LogP contribution in [0.5, 0.6) is 0 Å². The van der Waals surface area contributed by atoms with Crippen LogP contribution in [-0.2, 0) is 17.8 Å². The summed E-state index contributed by atoms with van der Waals surface area (Å²) in [5.74, 6) is 0.618. The molecular weight excluding hydrogens is 204 g/mol. The number of aliphatic hydroxyl groups excluding tert-OH is 1. The van der Waals surface area contributed by atoms with E-state index in [0.717, 1.165) is 25.2 Å². The largest absolute Gasteiger partial charge is 0.385 e. The zero-order chi connectivity index (χ0) is 12.0. The standard InChI is InChI=1S/C12H20N2O2/c1-3-5-10(15)11(16)9-12-13-6-8-14(12)7-4-2/h6,8,10,15H,3-5,7,9H2,1-2H3. The smallest absolute Gasteiger partial charge is 0.168 e. The Kier molecular flexibility index (Phi) is 5.19. The van der Waals surface area contributed by atoms with Crippen molar-refractivity contribution in [2.45, 2.75) is 52.2 Å². The molecule has 0 aliphatic carbocycles. The topological polar surface area (TPSA) is 55.1 Å². The molecule has 0 saturated heterocycles. The van der Waals surface area contributed by atoms with Crippen LogP contribution in [0.15, 0.2) is 12.4 Å². The summed E-state index contributed by atoms with van der Waals surface area (Å²) in [7, 11) is 0. The maximum absolute atomic E-state index is 11.7. The van der Waals surface area contributed by atoms with Gasteiger partial charge in [0.25, 0.3) is 0 Å². The Morgan fingerprint density at radius 2 is 2.25 bits per heavy atom. The fraction of sp³-hybridized carbons (Fsp3) is 0.667. The highest BCUT2D eigenvalue weighted by Gasteiger charge is 2.16. The molecule has 0 fully saturated rings. The molecule has 1 heterocycles. The van der Waals surface area contributed by atoms with E-state index in [1.54, 1.807) is 6.20 Å². The van der Waals surface area contributed by atoms with Crippen molar-refractivity contribution in [2.24, 2.45) is 0 Å². The Labute approximate surface area is 96.3 Å². The number of hydrogen-bond acceptors (Lipinski definition) is 3. The fourth-order valence-electron chi connectivity index (χ4n) is 1.66. The first-order valence-corrected chi connectivity index (χ1v) is 5.89. The molecule has 1 unspecified atom stereocenters. The van der Waals surface area contributed by atoms with E-state index in [0.29, 0.717) is 6.42 Å². The average Bonchev–Trinajstić information content (AvgIpc) is 2.67. The maximum Gasteiger partial charge on any atom is 0.168 e. The number of carbonyl (C=O) groups is 1. The Morgan fingerprint density at radius 3 is 2.88 bits per heavy atom. The highest BCUT2D eigenvalue weighted by atomic mass is 16.3. The Hall–Kier alpha value is -1.16. The van der Waals surface area contributed by atoms with E-state index in [1.165, 1.54) is 0 Å². The quantitative estimate of drug-likeness (QED) is 0.764. The molecule has 0 spiro atoms. The molecule has 1 N–H and O–H groups in total. The van der Waals surface area contributed by atoms with Crippen LogP contribution in [0.1, 0.15) is 38.9 Å². The number of aromatic nitrogens is 2. The molecule has 1 rings (SSSR count). The molecule has 0 aliphatic rings. The van der Waals surface area contributed by atoms with Gasteiger partial charge in [-0.3, -0.25) is 4.79 Å². The van der Waals surface area contributed by atoms with Crippen LogP contribution < -0.4 is 0 Å². The number of Topliss-reactive ketones (excluding diaryl/α,β-unsaturated/α-hetero) is 1. The molecular formula is C12H20N2O2. The van der Waals surface area contributed by atoms with Crippen LogP contribution in [-0.4, -0.2) is 26.5 Å². The van der Waals surface area contributed by atoms with E-state index in [9.17, 15) is 9.90 Å². The Morgan fingerprint density at radius 1 is 1.50 bits per heavy atom. The van der Waals surface area contributed by atoms with Gasteiger partial charge in [0.2, 0.25) is 0 Å². The van der Waals surface area contributed by atoms with E-state index in [-0.39, 0.29) is 12.2 Å². The third-order valence-electron chi connectivity index (χ3n) is 2.53. The first-order chi connectivity index (χ1) is 7.69. The minimum atomic E-state index is -0.836. The van der Waals surface area contributed by atoms with Crippen molar-refractivity contribution < 1.29 is 9.90 Å².